The molecule has 252 valence electrons. The number of nitrogen functional groups attached to an aromatic ring is 1. The van der Waals surface area contributed by atoms with Crippen LogP contribution in [0.2, 0.25) is 10.0 Å². The van der Waals surface area contributed by atoms with Gasteiger partial charge in [-0.15, -0.1) is 0 Å². The molecule has 0 spiro atoms. The number of carbonyl (C=O) groups excluding carboxylic acids is 3. The molecule has 13 heteroatoms. The van der Waals surface area contributed by atoms with Crippen LogP contribution in [0.1, 0.15) is 35.6 Å². The number of nitrogens with one attached hydrogen (secondary N) is 1. The summed E-state index contributed by atoms with van der Waals surface area (Å²) in [6.45, 7) is 3.51. The van der Waals surface area contributed by atoms with Crippen LogP contribution in [0, 0.1) is 0 Å². The zero-order chi connectivity index (χ0) is 35.3. The van der Waals surface area contributed by atoms with Gasteiger partial charge in [0.05, 0.1) is 13.1 Å². The first-order chi connectivity index (χ1) is 23.8. The van der Waals surface area contributed by atoms with Gasteiger partial charge in [0.2, 0.25) is 5.91 Å². The molecule has 0 aliphatic rings. The molecule has 49 heavy (non-hydrogen) atoms. The highest BCUT2D eigenvalue weighted by Crippen LogP contribution is 2.12. The summed E-state index contributed by atoms with van der Waals surface area (Å²) in [4.78, 5) is 36.2. The van der Waals surface area contributed by atoms with Gasteiger partial charge in [0.25, 0.3) is 0 Å². The first-order valence-corrected chi connectivity index (χ1v) is 15.9. The Hall–Kier alpha value is -5.61. The zero-order valence-electron chi connectivity index (χ0n) is 26.8. The molecule has 1 amide bonds. The quantitative estimate of drug-likeness (QED) is 0.168. The van der Waals surface area contributed by atoms with Gasteiger partial charge < -0.3 is 11.1 Å². The number of halogens is 2. The Bertz CT molecular complexity index is 1840. The lowest BCUT2D eigenvalue weighted by atomic mass is 10.1. The summed E-state index contributed by atoms with van der Waals surface area (Å²) >= 11 is 11.5. The van der Waals surface area contributed by atoms with Crippen molar-refractivity contribution in [1.82, 2.24) is 29.5 Å². The van der Waals surface area contributed by atoms with E-state index in [-0.39, 0.29) is 12.1 Å². The molecule has 0 saturated carbocycles. The van der Waals surface area contributed by atoms with Crippen molar-refractivity contribution < 1.29 is 14.4 Å². The molecule has 4 heterocycles. The molecule has 0 aliphatic heterocycles. The summed E-state index contributed by atoms with van der Waals surface area (Å²) in [5, 5.41) is 12.8. The number of rotatable bonds is 9. The van der Waals surface area contributed by atoms with Crippen LogP contribution in [0.3, 0.4) is 0 Å². The lowest BCUT2D eigenvalue weighted by Crippen LogP contribution is -2.13. The minimum Gasteiger partial charge on any atom is -0.382 e. The van der Waals surface area contributed by atoms with Crippen molar-refractivity contribution in [2.24, 2.45) is 0 Å². The number of pyridine rings is 2. The second-order valence-corrected chi connectivity index (χ2v) is 11.2. The van der Waals surface area contributed by atoms with E-state index in [2.05, 4.69) is 32.4 Å². The van der Waals surface area contributed by atoms with E-state index in [9.17, 15) is 4.79 Å². The third-order valence-corrected chi connectivity index (χ3v) is 7.14. The Morgan fingerprint density at radius 3 is 1.63 bits per heavy atom. The van der Waals surface area contributed by atoms with Crippen molar-refractivity contribution in [3.05, 3.63) is 154 Å². The minimum atomic E-state index is -0.0564. The van der Waals surface area contributed by atoms with Crippen molar-refractivity contribution in [3.8, 4) is 0 Å². The van der Waals surface area contributed by atoms with Crippen LogP contribution in [0.15, 0.2) is 122 Å². The summed E-state index contributed by atoms with van der Waals surface area (Å²) in [7, 11) is 0. The number of hydrogen-bond acceptors (Lipinski definition) is 8. The molecule has 0 bridgehead atoms. The van der Waals surface area contributed by atoms with Gasteiger partial charge in [-0.2, -0.15) is 19.8 Å². The summed E-state index contributed by atoms with van der Waals surface area (Å²) in [6, 6.07) is 26.8. The highest BCUT2D eigenvalue weighted by Gasteiger charge is 2.06. The van der Waals surface area contributed by atoms with Crippen molar-refractivity contribution in [2.45, 2.75) is 39.3 Å². The van der Waals surface area contributed by atoms with Gasteiger partial charge >= 0.3 is 6.15 Å². The van der Waals surface area contributed by atoms with Gasteiger partial charge in [-0.05, 0) is 89.7 Å². The van der Waals surface area contributed by atoms with Crippen LogP contribution in [0.4, 0.5) is 11.6 Å². The molecule has 0 unspecified atom stereocenters. The molecule has 4 aromatic heterocycles. The number of nitrogens with zero attached hydrogens (tertiary/aromatic N) is 6. The molecule has 0 saturated heterocycles. The summed E-state index contributed by atoms with van der Waals surface area (Å²) in [5.41, 5.74) is 10.2. The zero-order valence-corrected chi connectivity index (χ0v) is 28.3. The lowest BCUT2D eigenvalue weighted by Gasteiger charge is -2.03. The van der Waals surface area contributed by atoms with E-state index in [0.29, 0.717) is 36.0 Å². The van der Waals surface area contributed by atoms with Crippen molar-refractivity contribution >= 4 is 46.9 Å². The maximum atomic E-state index is 12.0. The lowest BCUT2D eigenvalue weighted by molar-refractivity contribution is -0.191. The van der Waals surface area contributed by atoms with Gasteiger partial charge in [0.15, 0.2) is 5.82 Å². The number of carbonyl (C=O) groups is 1. The average Bonchev–Trinajstić information content (AvgIpc) is 3.74. The number of benzene rings is 2. The van der Waals surface area contributed by atoms with E-state index in [1.54, 1.807) is 46.3 Å². The molecule has 0 atom stereocenters. The Balaban J connectivity index is 0.000000216. The predicted molar refractivity (Wildman–Crippen MR) is 190 cm³/mol. The molecule has 6 rings (SSSR count). The first-order valence-electron chi connectivity index (χ1n) is 15.2. The SMILES string of the molecule is CCc1ccc(Cl)cc1.Nc1ccn(Cc2ccncc2)n1.O=C(CCc1ccc(Cl)cc1)Nc1ccn(Cc2ccncc2)n1.O=C=O. The summed E-state index contributed by atoms with van der Waals surface area (Å²) < 4.78 is 3.58. The molecule has 0 aliphatic carbocycles. The van der Waals surface area contributed by atoms with Gasteiger partial charge in [-0.3, -0.25) is 24.1 Å². The summed E-state index contributed by atoms with van der Waals surface area (Å²) in [5.74, 6) is 1.05. The maximum absolute atomic E-state index is 12.0. The molecule has 0 radical (unpaired) electrons. The Morgan fingerprint density at radius 1 is 0.694 bits per heavy atom. The number of amides is 1. The molecule has 11 nitrogen and oxygen atoms in total. The van der Waals surface area contributed by atoms with Gasteiger partial charge in [0.1, 0.15) is 5.82 Å². The van der Waals surface area contributed by atoms with E-state index in [4.69, 9.17) is 38.5 Å². The van der Waals surface area contributed by atoms with E-state index < -0.39 is 0 Å². The number of hydrogen-bond donors (Lipinski definition) is 2. The topological polar surface area (TPSA) is 151 Å². The average molecular weight is 700 g/mol. The molecule has 3 N–H and O–H groups in total. The van der Waals surface area contributed by atoms with Crippen molar-refractivity contribution in [1.29, 1.82) is 0 Å². The van der Waals surface area contributed by atoms with E-state index in [0.717, 1.165) is 34.7 Å². The van der Waals surface area contributed by atoms with Crippen LogP contribution in [-0.4, -0.2) is 41.6 Å². The normalized spacial score (nSPS) is 9.78. The largest absolute Gasteiger partial charge is 0.382 e. The fourth-order valence-electron chi connectivity index (χ4n) is 4.17. The standard InChI is InChI=1S/C18H17ClN4O.C9H10N4.C8H9Cl.CO2/c19-16-4-1-14(2-5-16)3-6-18(24)21-17-9-12-23(22-17)13-15-7-10-20-11-8-15;10-9-3-6-13(12-9)7-8-1-4-11-5-2-8;1-2-7-3-5-8(9)6-4-7;2-1-3/h1-2,4-5,7-12H,3,6,13H2,(H,21,22,24);1-6H,7H2,(H2,10,12);3-6H,2H2,1H3;. The van der Waals surface area contributed by atoms with Crippen molar-refractivity contribution in [3.63, 3.8) is 0 Å². The number of anilines is 2. The van der Waals surface area contributed by atoms with Crippen LogP contribution in [0.25, 0.3) is 0 Å². The number of aryl methyl sites for hydroxylation is 2. The minimum absolute atomic E-state index is 0.0564. The summed E-state index contributed by atoms with van der Waals surface area (Å²) in [6.07, 6.45) is 13.1. The number of nitrogens with two attached hydrogens (primary N) is 1. The molecule has 6 aromatic rings. The second kappa shape index (κ2) is 21.3. The third kappa shape index (κ3) is 15.2. The van der Waals surface area contributed by atoms with Gasteiger partial charge in [-0.25, -0.2) is 0 Å². The second-order valence-electron chi connectivity index (χ2n) is 10.3. The molecular weight excluding hydrogens is 663 g/mol. The number of aromatic nitrogens is 6. The maximum Gasteiger partial charge on any atom is 0.373 e. The van der Waals surface area contributed by atoms with E-state index in [1.165, 1.54) is 5.56 Å². The van der Waals surface area contributed by atoms with Crippen LogP contribution in [-0.2, 0) is 40.3 Å². The van der Waals surface area contributed by atoms with E-state index >= 15 is 0 Å². The fourth-order valence-corrected chi connectivity index (χ4v) is 4.42. The molecular formula is C36H36Cl2N8O3. The van der Waals surface area contributed by atoms with Gasteiger partial charge in [-0.1, -0.05) is 54.4 Å². The third-order valence-electron chi connectivity index (χ3n) is 6.63. The Labute approximate surface area is 294 Å². The highest BCUT2D eigenvalue weighted by atomic mass is 35.5. The van der Waals surface area contributed by atoms with Crippen LogP contribution in [0.5, 0.6) is 0 Å². The Kier molecular flexibility index (Phi) is 16.5. The van der Waals surface area contributed by atoms with Crippen molar-refractivity contribution in [2.75, 3.05) is 11.1 Å². The smallest absolute Gasteiger partial charge is 0.373 e. The highest BCUT2D eigenvalue weighted by molar-refractivity contribution is 6.30. The van der Waals surface area contributed by atoms with Gasteiger partial charge in [0, 0.05) is 59.7 Å². The van der Waals surface area contributed by atoms with Crippen LogP contribution >= 0.6 is 23.2 Å². The molecule has 2 aromatic carbocycles. The Morgan fingerprint density at radius 2 is 1.16 bits per heavy atom. The first kappa shape index (κ1) is 37.8. The van der Waals surface area contributed by atoms with E-state index in [1.807, 2.05) is 85.2 Å². The monoisotopic (exact) mass is 698 g/mol. The van der Waals surface area contributed by atoms with Crippen LogP contribution < -0.4 is 11.1 Å². The fraction of sp³-hybridized carbons (Fsp3) is 0.167. The molecule has 0 fully saturated rings. The predicted octanol–water partition coefficient (Wildman–Crippen LogP) is 6.78.